The first-order valence-electron chi connectivity index (χ1n) is 7.58. The largest absolute Gasteiger partial charge is 0.370 e. The predicted molar refractivity (Wildman–Crippen MR) is 77.4 cm³/mol. The zero-order valence-electron chi connectivity index (χ0n) is 12.8. The van der Waals surface area contributed by atoms with Crippen LogP contribution in [-0.2, 0) is 14.3 Å². The molecule has 2 saturated heterocycles. The van der Waals surface area contributed by atoms with Gasteiger partial charge in [-0.15, -0.1) is 0 Å². The molecule has 0 aromatic heterocycles. The van der Waals surface area contributed by atoms with Crippen molar-refractivity contribution in [3.8, 4) is 0 Å². The Morgan fingerprint density at radius 1 is 1.30 bits per heavy atom. The molecule has 1 aromatic carbocycles. The van der Waals surface area contributed by atoms with Crippen LogP contribution in [0.3, 0.4) is 0 Å². The van der Waals surface area contributed by atoms with E-state index in [9.17, 15) is 18.4 Å². The fourth-order valence-corrected chi connectivity index (χ4v) is 3.07. The molecule has 7 heteroatoms. The number of carbonyl (C=O) groups excluding carboxylic acids is 2. The number of hydrogen-bond acceptors (Lipinski definition) is 3. The Morgan fingerprint density at radius 2 is 2.09 bits per heavy atom. The normalized spacial score (nSPS) is 25.1. The van der Waals surface area contributed by atoms with Gasteiger partial charge in [-0.3, -0.25) is 9.59 Å². The molecule has 2 heterocycles. The number of carbonyl (C=O) groups is 2. The summed E-state index contributed by atoms with van der Waals surface area (Å²) in [5, 5.41) is 0. The van der Waals surface area contributed by atoms with E-state index in [1.165, 1.54) is 11.0 Å². The Bertz CT molecular complexity index is 638. The molecule has 2 amide bonds. The van der Waals surface area contributed by atoms with Crippen molar-refractivity contribution in [3.63, 3.8) is 0 Å². The number of rotatable bonds is 2. The summed E-state index contributed by atoms with van der Waals surface area (Å²) in [5.41, 5.74) is 0.497. The molecule has 2 aliphatic heterocycles. The summed E-state index contributed by atoms with van der Waals surface area (Å²) in [4.78, 5) is 27.3. The van der Waals surface area contributed by atoms with Gasteiger partial charge in [-0.1, -0.05) is 6.07 Å². The second-order valence-corrected chi connectivity index (χ2v) is 5.88. The Labute approximate surface area is 132 Å². The molecule has 1 unspecified atom stereocenters. The monoisotopic (exact) mass is 324 g/mol. The van der Waals surface area contributed by atoms with Crippen LogP contribution in [0.1, 0.15) is 24.5 Å². The quantitative estimate of drug-likeness (QED) is 0.828. The van der Waals surface area contributed by atoms with Crippen molar-refractivity contribution in [2.24, 2.45) is 0 Å². The Morgan fingerprint density at radius 3 is 2.74 bits per heavy atom. The third-order valence-corrected chi connectivity index (χ3v) is 4.47. The molecule has 0 saturated carbocycles. The molecule has 0 N–H and O–H groups in total. The zero-order valence-corrected chi connectivity index (χ0v) is 12.8. The van der Waals surface area contributed by atoms with Crippen LogP contribution < -0.4 is 0 Å². The lowest BCUT2D eigenvalue weighted by atomic mass is 10.1. The molecule has 2 aliphatic rings. The smallest absolute Gasteiger partial charge is 0.245 e. The maximum absolute atomic E-state index is 13.4. The van der Waals surface area contributed by atoms with Crippen LogP contribution >= 0.6 is 0 Å². The molecule has 23 heavy (non-hydrogen) atoms. The van der Waals surface area contributed by atoms with Crippen LogP contribution in [0, 0.1) is 11.6 Å². The second kappa shape index (κ2) is 6.23. The van der Waals surface area contributed by atoms with Gasteiger partial charge in [-0.05, 0) is 24.1 Å². The molecule has 5 nitrogen and oxygen atoms in total. The maximum Gasteiger partial charge on any atom is 0.245 e. The van der Waals surface area contributed by atoms with Crippen molar-refractivity contribution in [1.29, 1.82) is 0 Å². The van der Waals surface area contributed by atoms with Gasteiger partial charge in [0.25, 0.3) is 0 Å². The van der Waals surface area contributed by atoms with Gasteiger partial charge in [0.2, 0.25) is 11.8 Å². The van der Waals surface area contributed by atoms with Crippen LogP contribution in [0.25, 0.3) is 0 Å². The Balaban J connectivity index is 1.71. The number of nitrogens with zero attached hydrogens (tertiary/aromatic N) is 2. The van der Waals surface area contributed by atoms with Crippen LogP contribution in [0.15, 0.2) is 18.2 Å². The van der Waals surface area contributed by atoms with E-state index in [1.54, 1.807) is 11.9 Å². The highest BCUT2D eigenvalue weighted by atomic mass is 19.2. The highest BCUT2D eigenvalue weighted by Crippen LogP contribution is 2.26. The molecule has 0 radical (unpaired) electrons. The van der Waals surface area contributed by atoms with Crippen LogP contribution in [0.5, 0.6) is 0 Å². The maximum atomic E-state index is 13.4. The summed E-state index contributed by atoms with van der Waals surface area (Å²) in [7, 11) is 1.63. The Kier molecular flexibility index (Phi) is 4.30. The van der Waals surface area contributed by atoms with Gasteiger partial charge in [0.1, 0.15) is 12.1 Å². The standard InChI is InChI=1S/C16H18F2N2O3/c1-19-13(4-5-15(19)21)16(22)20-6-7-23-14(9-20)10-2-3-11(17)12(18)8-10/h2-3,8,13-14H,4-7,9H2,1H3/t13-,14?/m1/s1. The average molecular weight is 324 g/mol. The number of ether oxygens (including phenoxy) is 1. The van der Waals surface area contributed by atoms with Crippen molar-refractivity contribution in [3.05, 3.63) is 35.4 Å². The average Bonchev–Trinajstić information content (AvgIpc) is 2.89. The number of halogens is 2. The molecular weight excluding hydrogens is 306 g/mol. The number of morpholine rings is 1. The second-order valence-electron chi connectivity index (χ2n) is 5.88. The van der Waals surface area contributed by atoms with Gasteiger partial charge in [-0.25, -0.2) is 8.78 Å². The van der Waals surface area contributed by atoms with Gasteiger partial charge < -0.3 is 14.5 Å². The summed E-state index contributed by atoms with van der Waals surface area (Å²) in [5.74, 6) is -2.00. The highest BCUT2D eigenvalue weighted by molar-refractivity contribution is 5.90. The van der Waals surface area contributed by atoms with Crippen molar-refractivity contribution >= 4 is 11.8 Å². The highest BCUT2D eigenvalue weighted by Gasteiger charge is 2.37. The van der Waals surface area contributed by atoms with Gasteiger partial charge in [-0.2, -0.15) is 0 Å². The fourth-order valence-electron chi connectivity index (χ4n) is 3.07. The number of likely N-dealkylation sites (N-methyl/N-ethyl adjacent to an activating group) is 1. The fraction of sp³-hybridized carbons (Fsp3) is 0.500. The van der Waals surface area contributed by atoms with Gasteiger partial charge >= 0.3 is 0 Å². The lowest BCUT2D eigenvalue weighted by Gasteiger charge is -2.35. The SMILES string of the molecule is CN1C(=O)CC[C@@H]1C(=O)N1CCOC(c2ccc(F)c(F)c2)C1. The van der Waals surface area contributed by atoms with Crippen molar-refractivity contribution in [2.45, 2.75) is 25.0 Å². The van der Waals surface area contributed by atoms with Crippen LogP contribution in [0.4, 0.5) is 8.78 Å². The molecule has 124 valence electrons. The van der Waals surface area contributed by atoms with Gasteiger partial charge in [0.15, 0.2) is 11.6 Å². The predicted octanol–water partition coefficient (Wildman–Crippen LogP) is 1.49. The molecule has 2 atom stereocenters. The Hall–Kier alpha value is -2.02. The molecule has 0 bridgehead atoms. The first-order valence-corrected chi connectivity index (χ1v) is 7.58. The molecule has 1 aromatic rings. The van der Waals surface area contributed by atoms with E-state index < -0.39 is 23.8 Å². The molecule has 0 spiro atoms. The third kappa shape index (κ3) is 3.06. The van der Waals surface area contributed by atoms with E-state index in [4.69, 9.17) is 4.74 Å². The number of benzene rings is 1. The molecule has 0 aliphatic carbocycles. The minimum Gasteiger partial charge on any atom is -0.370 e. The van der Waals surface area contributed by atoms with E-state index >= 15 is 0 Å². The van der Waals surface area contributed by atoms with Gasteiger partial charge in [0.05, 0.1) is 13.2 Å². The first-order chi connectivity index (χ1) is 11.0. The molecule has 2 fully saturated rings. The summed E-state index contributed by atoms with van der Waals surface area (Å²) < 4.78 is 32.0. The lowest BCUT2D eigenvalue weighted by molar-refractivity contribution is -0.146. The number of likely N-dealkylation sites (tertiary alicyclic amines) is 1. The van der Waals surface area contributed by atoms with Crippen molar-refractivity contribution < 1.29 is 23.1 Å². The summed E-state index contributed by atoms with van der Waals surface area (Å²) in [6.07, 6.45) is 0.399. The molecule has 3 rings (SSSR count). The summed E-state index contributed by atoms with van der Waals surface area (Å²) >= 11 is 0. The minimum atomic E-state index is -0.935. The van der Waals surface area contributed by atoms with E-state index in [2.05, 4.69) is 0 Å². The third-order valence-electron chi connectivity index (χ3n) is 4.47. The number of hydrogen-bond donors (Lipinski definition) is 0. The summed E-state index contributed by atoms with van der Waals surface area (Å²) in [6.45, 7) is 1.01. The first kappa shape index (κ1) is 15.9. The lowest BCUT2D eigenvalue weighted by Crippen LogP contribution is -2.50. The van der Waals surface area contributed by atoms with E-state index in [0.717, 1.165) is 12.1 Å². The number of amides is 2. The van der Waals surface area contributed by atoms with Gasteiger partial charge in [0, 0.05) is 20.0 Å². The topological polar surface area (TPSA) is 49.9 Å². The van der Waals surface area contributed by atoms with E-state index in [0.29, 0.717) is 31.6 Å². The van der Waals surface area contributed by atoms with Crippen molar-refractivity contribution in [2.75, 3.05) is 26.7 Å². The van der Waals surface area contributed by atoms with Crippen molar-refractivity contribution in [1.82, 2.24) is 9.80 Å². The van der Waals surface area contributed by atoms with E-state index in [1.807, 2.05) is 0 Å². The van der Waals surface area contributed by atoms with Crippen LogP contribution in [-0.4, -0.2) is 54.4 Å². The summed E-state index contributed by atoms with van der Waals surface area (Å²) in [6, 6.07) is 3.17. The minimum absolute atomic E-state index is 0.0336. The molecular formula is C16H18F2N2O3. The van der Waals surface area contributed by atoms with Crippen LogP contribution in [0.2, 0.25) is 0 Å². The van der Waals surface area contributed by atoms with E-state index in [-0.39, 0.29) is 18.4 Å². The zero-order chi connectivity index (χ0) is 16.6.